The van der Waals surface area contributed by atoms with E-state index in [9.17, 15) is 0 Å². The molecule has 2 N–H and O–H groups in total. The van der Waals surface area contributed by atoms with E-state index in [4.69, 9.17) is 0 Å². The second kappa shape index (κ2) is 24.0. The first-order chi connectivity index (χ1) is 1.73. The average Bonchev–Trinajstić information content (AvgIpc) is 0.811. The summed E-state index contributed by atoms with van der Waals surface area (Å²) in [7, 11) is 0. The molecule has 0 heterocycles. The van der Waals surface area contributed by atoms with E-state index < -0.39 is 0 Å². The zero-order chi connectivity index (χ0) is 3.58. The Morgan fingerprint density at radius 1 is 0.875 bits per heavy atom. The summed E-state index contributed by atoms with van der Waals surface area (Å²) in [6.07, 6.45) is 0. The van der Waals surface area contributed by atoms with Crippen LogP contribution in [0.2, 0.25) is 0 Å². The predicted molar refractivity (Wildman–Crippen MR) is 25.5 cm³/mol. The first-order valence-corrected chi connectivity index (χ1v) is 1.50. The van der Waals surface area contributed by atoms with E-state index in [2.05, 4.69) is 20.8 Å². The minimum absolute atomic E-state index is 0. The van der Waals surface area contributed by atoms with Crippen LogP contribution in [0.5, 0.6) is 0 Å². The van der Waals surface area contributed by atoms with Crippen molar-refractivity contribution in [2.75, 3.05) is 0 Å². The molecule has 0 rings (SSSR count). The number of rotatable bonds is 0. The smallest absolute Gasteiger partial charge is 1.00 e. The Hall–Kier alpha value is 1.25. The van der Waals surface area contributed by atoms with Crippen LogP contribution >= 0.6 is 0 Å². The molecule has 0 spiro atoms. The molecular formula is C4H11Cl2NTi. The van der Waals surface area contributed by atoms with E-state index in [1.807, 2.05) is 0 Å². The monoisotopic (exact) mass is 191 g/mol. The molecule has 0 fully saturated rings. The van der Waals surface area contributed by atoms with Gasteiger partial charge in [0.1, 0.15) is 0 Å². The Balaban J connectivity index is -0.00000000750. The maximum atomic E-state index is 2.08. The molecule has 0 aliphatic carbocycles. The van der Waals surface area contributed by atoms with Gasteiger partial charge >= 0.3 is 21.7 Å². The van der Waals surface area contributed by atoms with E-state index in [1.54, 1.807) is 0 Å². The minimum atomic E-state index is 0. The molecule has 0 aliphatic heterocycles. The number of hydrogen-bond donors (Lipinski definition) is 0. The van der Waals surface area contributed by atoms with Gasteiger partial charge in [0, 0.05) is 0 Å². The van der Waals surface area contributed by atoms with Crippen molar-refractivity contribution in [3.8, 4) is 0 Å². The van der Waals surface area contributed by atoms with Crippen molar-refractivity contribution in [2.45, 2.75) is 20.8 Å². The van der Waals surface area contributed by atoms with Crippen LogP contribution in [-0.4, -0.2) is 0 Å². The van der Waals surface area contributed by atoms with Crippen LogP contribution in [0.1, 0.15) is 20.8 Å². The molecule has 0 amide bonds. The van der Waals surface area contributed by atoms with Crippen LogP contribution in [0.25, 0.3) is 6.15 Å². The summed E-state index contributed by atoms with van der Waals surface area (Å²) in [5.41, 5.74) is 0. The van der Waals surface area contributed by atoms with Crippen LogP contribution in [0.15, 0.2) is 0 Å². The zero-order valence-electron chi connectivity index (χ0n) is 5.33. The van der Waals surface area contributed by atoms with Crippen molar-refractivity contribution < 1.29 is 46.5 Å². The Morgan fingerprint density at radius 2 is 0.875 bits per heavy atom. The summed E-state index contributed by atoms with van der Waals surface area (Å²) < 4.78 is 0. The fourth-order valence-electron chi connectivity index (χ4n) is 0. The maximum Gasteiger partial charge on any atom is 4.00 e. The van der Waals surface area contributed by atoms with Crippen molar-refractivity contribution in [3.63, 3.8) is 0 Å². The SMILES string of the molecule is C[C-](C)C.[Cl-].[Cl-].[NH2-].[Ti+4]. The average molecular weight is 192 g/mol. The van der Waals surface area contributed by atoms with Gasteiger partial charge in [0.2, 0.25) is 0 Å². The van der Waals surface area contributed by atoms with Gasteiger partial charge in [0.15, 0.2) is 0 Å². The van der Waals surface area contributed by atoms with E-state index in [1.165, 1.54) is 5.92 Å². The summed E-state index contributed by atoms with van der Waals surface area (Å²) in [5, 5.41) is 0. The summed E-state index contributed by atoms with van der Waals surface area (Å²) >= 11 is 0. The number of hydrogen-bond acceptors (Lipinski definition) is 0. The first kappa shape index (κ1) is 34.8. The molecular weight excluding hydrogens is 181 g/mol. The predicted octanol–water partition coefficient (Wildman–Crippen LogP) is -3.66. The molecule has 0 aromatic carbocycles. The van der Waals surface area contributed by atoms with Crippen LogP contribution < -0.4 is 24.8 Å². The van der Waals surface area contributed by atoms with Crippen molar-refractivity contribution in [2.24, 2.45) is 0 Å². The Kier molecular flexibility index (Phi) is 105. The van der Waals surface area contributed by atoms with E-state index in [-0.39, 0.29) is 52.7 Å². The van der Waals surface area contributed by atoms with Crippen LogP contribution in [0.4, 0.5) is 0 Å². The summed E-state index contributed by atoms with van der Waals surface area (Å²) in [6.45, 7) is 6.25. The molecule has 50 valence electrons. The van der Waals surface area contributed by atoms with Gasteiger partial charge in [-0.3, -0.25) is 0 Å². The largest absolute Gasteiger partial charge is 4.00 e. The molecule has 0 saturated carbocycles. The van der Waals surface area contributed by atoms with Crippen LogP contribution in [0, 0.1) is 5.92 Å². The van der Waals surface area contributed by atoms with Crippen molar-refractivity contribution >= 4 is 0 Å². The van der Waals surface area contributed by atoms with Gasteiger partial charge in [-0.1, -0.05) is 0 Å². The fourth-order valence-corrected chi connectivity index (χ4v) is 0. The zero-order valence-corrected chi connectivity index (χ0v) is 8.41. The molecule has 0 aliphatic rings. The molecule has 0 atom stereocenters. The Morgan fingerprint density at radius 3 is 0.875 bits per heavy atom. The molecule has 0 aromatic heterocycles. The van der Waals surface area contributed by atoms with Gasteiger partial charge in [0.05, 0.1) is 0 Å². The molecule has 0 bridgehead atoms. The van der Waals surface area contributed by atoms with Gasteiger partial charge < -0.3 is 36.9 Å². The number of nitrogens with two attached hydrogens (primary N) is 1. The molecule has 8 heavy (non-hydrogen) atoms. The van der Waals surface area contributed by atoms with Crippen LogP contribution in [-0.2, 0) is 21.7 Å². The summed E-state index contributed by atoms with van der Waals surface area (Å²) in [5.74, 6) is 1.42. The standard InChI is InChI=1S/C4H9.2ClH.H2N.Ti/c1-4(2)3;;;;/h1-3H3;2*1H;1H2;/q-1;;;-1;+4/p-2. The normalized spacial score (nSPS) is 4.50. The molecule has 0 unspecified atom stereocenters. The van der Waals surface area contributed by atoms with Gasteiger partial charge in [-0.2, -0.15) is 20.8 Å². The van der Waals surface area contributed by atoms with Crippen molar-refractivity contribution in [1.82, 2.24) is 0 Å². The van der Waals surface area contributed by atoms with E-state index >= 15 is 0 Å². The molecule has 0 aromatic rings. The maximum absolute atomic E-state index is 2.08. The Labute approximate surface area is 79.3 Å². The van der Waals surface area contributed by atoms with Gasteiger partial charge in [0.25, 0.3) is 0 Å². The molecule has 0 saturated heterocycles. The first-order valence-electron chi connectivity index (χ1n) is 1.50. The molecule has 4 heteroatoms. The fraction of sp³-hybridized carbons (Fsp3) is 0.750. The minimum Gasteiger partial charge on any atom is -1.00 e. The topological polar surface area (TPSA) is 33.5 Å². The second-order valence-corrected chi connectivity index (χ2v) is 1.50. The molecule has 1 nitrogen and oxygen atoms in total. The van der Waals surface area contributed by atoms with Gasteiger partial charge in [-0.05, 0) is 0 Å². The summed E-state index contributed by atoms with van der Waals surface area (Å²) in [6, 6.07) is 0. The molecule has 0 radical (unpaired) electrons. The van der Waals surface area contributed by atoms with E-state index in [0.29, 0.717) is 0 Å². The third-order valence-electron chi connectivity index (χ3n) is 0. The van der Waals surface area contributed by atoms with Gasteiger partial charge in [-0.25, -0.2) is 0 Å². The van der Waals surface area contributed by atoms with Crippen molar-refractivity contribution in [1.29, 1.82) is 0 Å². The second-order valence-electron chi connectivity index (χ2n) is 1.50. The third kappa shape index (κ3) is 180. The van der Waals surface area contributed by atoms with Crippen LogP contribution in [0.3, 0.4) is 0 Å². The van der Waals surface area contributed by atoms with Gasteiger partial charge in [-0.15, -0.1) is 0 Å². The third-order valence-corrected chi connectivity index (χ3v) is 0. The van der Waals surface area contributed by atoms with Crippen molar-refractivity contribution in [3.05, 3.63) is 12.1 Å². The summed E-state index contributed by atoms with van der Waals surface area (Å²) in [4.78, 5) is 0. The quantitative estimate of drug-likeness (QED) is 0.280. The van der Waals surface area contributed by atoms with E-state index in [0.717, 1.165) is 0 Å². The Bertz CT molecular complexity index is 18.8. The number of halogens is 2.